The monoisotopic (exact) mass is 768 g/mol. The summed E-state index contributed by atoms with van der Waals surface area (Å²) in [6.45, 7) is 0. The van der Waals surface area contributed by atoms with Crippen molar-refractivity contribution in [2.75, 3.05) is 28.4 Å². The van der Waals surface area contributed by atoms with Gasteiger partial charge >= 0.3 is 7.40 Å². The highest BCUT2D eigenvalue weighted by atomic mass is 19.2. The molecule has 286 valence electrons. The van der Waals surface area contributed by atoms with Gasteiger partial charge in [-0.05, 0) is 118 Å². The second-order valence-electron chi connectivity index (χ2n) is 13.6. The number of benzene rings is 6. The quantitative estimate of drug-likeness (QED) is 0.116. The molecule has 58 heavy (non-hydrogen) atoms. The van der Waals surface area contributed by atoms with Gasteiger partial charge in [0.05, 0.1) is 45.5 Å². The number of aliphatic imine (C=N–C) groups is 1. The molecule has 8 rings (SSSR count). The van der Waals surface area contributed by atoms with Crippen LogP contribution in [0.15, 0.2) is 174 Å². The van der Waals surface area contributed by atoms with Crippen molar-refractivity contribution in [1.29, 1.82) is 0 Å². The van der Waals surface area contributed by atoms with Crippen LogP contribution >= 0.6 is 0 Å². The number of halogens is 2. The van der Waals surface area contributed by atoms with Crippen LogP contribution in [0.5, 0.6) is 23.0 Å². The van der Waals surface area contributed by atoms with Crippen molar-refractivity contribution in [2.24, 2.45) is 4.99 Å². The maximum Gasteiger partial charge on any atom is 0.678 e. The first-order valence-electron chi connectivity index (χ1n) is 18.7. The summed E-state index contributed by atoms with van der Waals surface area (Å²) in [7, 11) is 3.49. The van der Waals surface area contributed by atoms with E-state index in [2.05, 4.69) is 0 Å². The van der Waals surface area contributed by atoms with Gasteiger partial charge in [-0.2, -0.15) is 0 Å². The average Bonchev–Trinajstić information content (AvgIpc) is 3.91. The van der Waals surface area contributed by atoms with E-state index < -0.39 is 7.40 Å². The van der Waals surface area contributed by atoms with Gasteiger partial charge in [-0.25, -0.2) is 4.99 Å². The summed E-state index contributed by atoms with van der Waals surface area (Å²) < 4.78 is 55.3. The molecule has 0 bridgehead atoms. The van der Waals surface area contributed by atoms with Crippen molar-refractivity contribution in [3.05, 3.63) is 192 Å². The van der Waals surface area contributed by atoms with Crippen LogP contribution in [0, 0.1) is 0 Å². The minimum atomic E-state index is -2.93. The zero-order chi connectivity index (χ0) is 40.2. The number of methoxy groups -OCH3 is 4. The van der Waals surface area contributed by atoms with Gasteiger partial charge in [-0.1, -0.05) is 78.9 Å². The lowest BCUT2D eigenvalue weighted by atomic mass is 9.89. The van der Waals surface area contributed by atoms with Crippen LogP contribution in [-0.2, 0) is 0 Å². The molecule has 0 fully saturated rings. The Morgan fingerprint density at radius 3 is 1.45 bits per heavy atom. The second-order valence-corrected chi connectivity index (χ2v) is 13.6. The SMILES string of the molecule is COc1ccc(C2=CC(c3ccc(OC)cc3)=NC2=C(c2ccc(-c3ccccc3)cc2)c2c(-c3ccc(OC)cc3)cc(-c3ccc(OC)cc3)n2B(F)F)cc1. The Hall–Kier alpha value is -7.13. The summed E-state index contributed by atoms with van der Waals surface area (Å²) >= 11 is 0. The predicted octanol–water partition coefficient (Wildman–Crippen LogP) is 11.6. The van der Waals surface area contributed by atoms with Crippen molar-refractivity contribution < 1.29 is 27.6 Å². The maximum atomic E-state index is 16.2. The fourth-order valence-corrected chi connectivity index (χ4v) is 7.31. The van der Waals surface area contributed by atoms with Crippen molar-refractivity contribution in [3.63, 3.8) is 0 Å². The first-order valence-corrected chi connectivity index (χ1v) is 18.7. The van der Waals surface area contributed by atoms with Gasteiger partial charge in [0.1, 0.15) is 23.0 Å². The molecular weight excluding hydrogens is 729 g/mol. The van der Waals surface area contributed by atoms with E-state index in [9.17, 15) is 0 Å². The molecule has 0 saturated carbocycles. The molecule has 0 atom stereocenters. The van der Waals surface area contributed by atoms with Crippen LogP contribution in [0.4, 0.5) is 8.63 Å². The van der Waals surface area contributed by atoms with E-state index in [1.54, 1.807) is 52.7 Å². The fourth-order valence-electron chi connectivity index (χ4n) is 7.31. The van der Waals surface area contributed by atoms with Gasteiger partial charge in [0.15, 0.2) is 0 Å². The van der Waals surface area contributed by atoms with Crippen LogP contribution in [0.1, 0.15) is 22.4 Å². The third-order valence-corrected chi connectivity index (χ3v) is 10.3. The van der Waals surface area contributed by atoms with Gasteiger partial charge in [0.2, 0.25) is 0 Å². The van der Waals surface area contributed by atoms with E-state index in [0.717, 1.165) is 37.9 Å². The van der Waals surface area contributed by atoms with Crippen molar-refractivity contribution in [3.8, 4) is 56.5 Å². The molecule has 0 N–H and O–H groups in total. The topological polar surface area (TPSA) is 54.2 Å². The van der Waals surface area contributed by atoms with Crippen LogP contribution in [0.2, 0.25) is 0 Å². The molecule has 0 spiro atoms. The lowest BCUT2D eigenvalue weighted by Crippen LogP contribution is -2.18. The first kappa shape index (κ1) is 37.8. The lowest BCUT2D eigenvalue weighted by Gasteiger charge is -2.20. The standard InChI is InChI=1S/C49H39BF2N2O4/c1-55-39-22-14-34(15-23-39)43-30-45(36-18-26-41(57-3)27-19-36)53-48(43)47(38-12-10-33(11-13-38)32-8-6-5-7-9-32)49-44(35-16-24-40(56-2)25-17-35)31-46(54(49)50(51)52)37-20-28-42(58-4)29-21-37/h5-31H,1-4H3. The van der Waals surface area contributed by atoms with Crippen molar-refractivity contribution in [1.82, 2.24) is 4.48 Å². The minimum absolute atomic E-state index is 0.313. The van der Waals surface area contributed by atoms with Crippen LogP contribution in [0.3, 0.4) is 0 Å². The van der Waals surface area contributed by atoms with E-state index >= 15 is 8.63 Å². The Balaban J connectivity index is 1.48. The predicted molar refractivity (Wildman–Crippen MR) is 230 cm³/mol. The summed E-state index contributed by atoms with van der Waals surface area (Å²) in [5.41, 5.74) is 9.55. The van der Waals surface area contributed by atoms with Gasteiger partial charge in [-0.3, -0.25) is 8.63 Å². The summed E-state index contributed by atoms with van der Waals surface area (Å²) in [6, 6.07) is 49.9. The molecule has 1 aliphatic heterocycles. The van der Waals surface area contributed by atoms with E-state index in [1.807, 2.05) is 140 Å². The van der Waals surface area contributed by atoms with Gasteiger partial charge in [-0.15, -0.1) is 0 Å². The molecule has 0 radical (unpaired) electrons. The van der Waals surface area contributed by atoms with E-state index in [1.165, 1.54) is 0 Å². The normalized spacial score (nSPS) is 13.1. The summed E-state index contributed by atoms with van der Waals surface area (Å²) in [6.07, 6.45) is 2.02. The molecule has 1 aromatic heterocycles. The Morgan fingerprint density at radius 2 is 0.948 bits per heavy atom. The number of rotatable bonds is 12. The van der Waals surface area contributed by atoms with Gasteiger partial charge in [0, 0.05) is 28.0 Å². The number of allylic oxidation sites excluding steroid dienone is 2. The van der Waals surface area contributed by atoms with E-state index in [0.29, 0.717) is 68.1 Å². The molecule has 0 amide bonds. The molecule has 0 aliphatic carbocycles. The van der Waals surface area contributed by atoms with Crippen LogP contribution in [0.25, 0.3) is 44.7 Å². The van der Waals surface area contributed by atoms with E-state index in [4.69, 9.17) is 23.9 Å². The highest BCUT2D eigenvalue weighted by Gasteiger charge is 2.34. The number of hydrogen-bond acceptors (Lipinski definition) is 5. The summed E-state index contributed by atoms with van der Waals surface area (Å²) in [5.74, 6) is 2.68. The lowest BCUT2D eigenvalue weighted by molar-refractivity contribution is 0.414. The Morgan fingerprint density at radius 1 is 0.500 bits per heavy atom. The fraction of sp³-hybridized carbons (Fsp3) is 0.0816. The zero-order valence-corrected chi connectivity index (χ0v) is 32.4. The molecule has 2 heterocycles. The number of ether oxygens (including phenoxy) is 4. The van der Waals surface area contributed by atoms with Gasteiger partial charge < -0.3 is 23.4 Å². The largest absolute Gasteiger partial charge is 0.678 e. The number of aromatic nitrogens is 1. The second kappa shape index (κ2) is 16.5. The molecule has 1 aliphatic rings. The molecule has 0 saturated heterocycles. The number of hydrogen-bond donors (Lipinski definition) is 0. The van der Waals surface area contributed by atoms with E-state index in [-0.39, 0.29) is 0 Å². The highest BCUT2D eigenvalue weighted by molar-refractivity contribution is 6.42. The van der Waals surface area contributed by atoms with Crippen molar-refractivity contribution >= 4 is 24.3 Å². The summed E-state index contributed by atoms with van der Waals surface area (Å²) in [4.78, 5) is 5.35. The highest BCUT2D eigenvalue weighted by Crippen LogP contribution is 2.46. The first-order chi connectivity index (χ1) is 28.4. The zero-order valence-electron chi connectivity index (χ0n) is 32.4. The van der Waals surface area contributed by atoms with Crippen molar-refractivity contribution in [2.45, 2.75) is 0 Å². The van der Waals surface area contributed by atoms with Crippen LogP contribution in [-0.4, -0.2) is 46.0 Å². The molecule has 0 unspecified atom stereocenters. The molecule has 7 aromatic rings. The Labute approximate surface area is 337 Å². The average molecular weight is 769 g/mol. The maximum absolute atomic E-state index is 16.2. The third kappa shape index (κ3) is 7.42. The molecule has 9 heteroatoms. The smallest absolute Gasteiger partial charge is 0.497 e. The van der Waals surface area contributed by atoms with Gasteiger partial charge in [0.25, 0.3) is 0 Å². The third-order valence-electron chi connectivity index (χ3n) is 10.3. The Kier molecular flexibility index (Phi) is 10.8. The van der Waals surface area contributed by atoms with Crippen LogP contribution < -0.4 is 18.9 Å². The molecular formula is C49H39BF2N2O4. The molecule has 6 aromatic carbocycles. The molecule has 6 nitrogen and oxygen atoms in total. The summed E-state index contributed by atoms with van der Waals surface area (Å²) in [5, 5.41) is 0. The minimum Gasteiger partial charge on any atom is -0.497 e. The number of nitrogens with zero attached hydrogens (tertiary/aromatic N) is 2. The Bertz CT molecular complexity index is 2630.